The van der Waals surface area contributed by atoms with Crippen molar-refractivity contribution in [3.8, 4) is 0 Å². The Morgan fingerprint density at radius 3 is 1.26 bits per heavy atom. The van der Waals surface area contributed by atoms with Crippen molar-refractivity contribution in [3.63, 3.8) is 0 Å². The number of rotatable bonds is 6. The van der Waals surface area contributed by atoms with Gasteiger partial charge in [-0.25, -0.2) is 0 Å². The fraction of sp³-hybridized carbons (Fsp3) is 1.00. The van der Waals surface area contributed by atoms with Crippen molar-refractivity contribution in [2.45, 2.75) is 19.3 Å². The maximum atomic E-state index is 9.02. The zero-order chi connectivity index (χ0) is 19.5. The summed E-state index contributed by atoms with van der Waals surface area (Å²) in [4.78, 5) is 45.3. The monoisotopic (exact) mass is 428 g/mol. The number of hydrogen-bond donors (Lipinski definition) is 4. The van der Waals surface area contributed by atoms with Crippen molar-refractivity contribution in [2.75, 3.05) is 78.9 Å². The van der Waals surface area contributed by atoms with Crippen molar-refractivity contribution in [2.24, 2.45) is 0 Å². The highest BCUT2D eigenvalue weighted by Crippen LogP contribution is 2.25. The molecule has 2 bridgehead atoms. The molecule has 2 aliphatic rings. The zero-order valence-electron chi connectivity index (χ0n) is 15.9. The van der Waals surface area contributed by atoms with Crippen molar-refractivity contribution in [3.05, 3.63) is 0 Å². The van der Waals surface area contributed by atoms with Gasteiger partial charge in [0.1, 0.15) is 13.5 Å². The summed E-state index contributed by atoms with van der Waals surface area (Å²) in [5.74, 6) is 0. The molecule has 0 amide bonds. The van der Waals surface area contributed by atoms with E-state index in [-0.39, 0.29) is 13.5 Å². The third-order valence-corrected chi connectivity index (χ3v) is 5.72. The first kappa shape index (κ1) is 23.7. The Morgan fingerprint density at radius 1 is 0.519 bits per heavy atom. The normalized spacial score (nSPS) is 27.8. The van der Waals surface area contributed by atoms with Crippen LogP contribution in [0.4, 0.5) is 0 Å². The van der Waals surface area contributed by atoms with Crippen LogP contribution in [-0.4, -0.2) is 118 Å². The standard InChI is InChI=1S/C15H34N4O6P2/c20-26(21)24-14-18-8-2-6-16-4-1-5-17(11-12-18)7-3-9-19(13-10-16)15-25-27(22)23/h20-23H,1-15H2. The van der Waals surface area contributed by atoms with Gasteiger partial charge < -0.3 is 29.4 Å². The summed E-state index contributed by atoms with van der Waals surface area (Å²) in [5, 5.41) is 0. The lowest BCUT2D eigenvalue weighted by molar-refractivity contribution is 0.0835. The van der Waals surface area contributed by atoms with E-state index in [1.54, 1.807) is 0 Å². The lowest BCUT2D eigenvalue weighted by Crippen LogP contribution is -2.40. The quantitative estimate of drug-likeness (QED) is 0.423. The second-order valence-corrected chi connectivity index (χ2v) is 8.53. The van der Waals surface area contributed by atoms with Gasteiger partial charge in [-0.05, 0) is 45.4 Å². The lowest BCUT2D eigenvalue weighted by atomic mass is 10.3. The van der Waals surface area contributed by atoms with Gasteiger partial charge in [-0.1, -0.05) is 0 Å². The Bertz CT molecular complexity index is 365. The minimum atomic E-state index is -2.31. The van der Waals surface area contributed by atoms with Crippen LogP contribution in [0.1, 0.15) is 19.3 Å². The Morgan fingerprint density at radius 2 is 0.889 bits per heavy atom. The van der Waals surface area contributed by atoms with Gasteiger partial charge in [0.15, 0.2) is 0 Å². The molecule has 0 saturated carbocycles. The highest BCUT2D eigenvalue weighted by molar-refractivity contribution is 7.39. The fourth-order valence-corrected chi connectivity index (χ4v) is 4.07. The van der Waals surface area contributed by atoms with E-state index >= 15 is 0 Å². The smallest absolute Gasteiger partial charge is 0.328 e. The van der Waals surface area contributed by atoms with Gasteiger partial charge in [-0.2, -0.15) is 0 Å². The molecule has 0 spiro atoms. The number of fused-ring (bicyclic) bond motifs is 4. The summed E-state index contributed by atoms with van der Waals surface area (Å²) in [6.07, 6.45) is 3.12. The maximum Gasteiger partial charge on any atom is 0.328 e. The first-order valence-corrected chi connectivity index (χ1v) is 11.9. The second kappa shape index (κ2) is 13.6. The SMILES string of the molecule is OP(O)OCN1CCCN2CCCN(CCCN(COP(O)O)CC2)CC1. The first-order chi connectivity index (χ1) is 13.0. The van der Waals surface area contributed by atoms with Crippen LogP contribution >= 0.6 is 17.2 Å². The van der Waals surface area contributed by atoms with E-state index in [4.69, 9.17) is 28.6 Å². The van der Waals surface area contributed by atoms with Gasteiger partial charge in [-0.15, -0.1) is 0 Å². The molecule has 2 unspecified atom stereocenters. The second-order valence-electron chi connectivity index (χ2n) is 7.00. The predicted molar refractivity (Wildman–Crippen MR) is 104 cm³/mol. The Balaban J connectivity index is 1.94. The molecule has 0 radical (unpaired) electrons. The number of nitrogens with zero attached hydrogens (tertiary/aromatic N) is 4. The average Bonchev–Trinajstić information content (AvgIpc) is 2.69. The van der Waals surface area contributed by atoms with Crippen LogP contribution in [0.25, 0.3) is 0 Å². The van der Waals surface area contributed by atoms with Crippen molar-refractivity contribution in [1.29, 1.82) is 0 Å². The van der Waals surface area contributed by atoms with Crippen molar-refractivity contribution >= 4 is 17.2 Å². The molecule has 2 saturated heterocycles. The third kappa shape index (κ3) is 10.7. The summed E-state index contributed by atoms with van der Waals surface area (Å²) in [5.41, 5.74) is 0. The van der Waals surface area contributed by atoms with Gasteiger partial charge in [0.05, 0.1) is 0 Å². The molecular formula is C15H34N4O6P2. The molecule has 2 atom stereocenters. The van der Waals surface area contributed by atoms with Crippen LogP contribution in [0.5, 0.6) is 0 Å². The van der Waals surface area contributed by atoms with E-state index < -0.39 is 17.2 Å². The van der Waals surface area contributed by atoms with Crippen LogP contribution < -0.4 is 0 Å². The molecule has 0 aromatic rings. The van der Waals surface area contributed by atoms with E-state index in [9.17, 15) is 0 Å². The predicted octanol–water partition coefficient (Wildman–Crippen LogP) is -0.237. The van der Waals surface area contributed by atoms with Gasteiger partial charge in [0.25, 0.3) is 0 Å². The van der Waals surface area contributed by atoms with Crippen LogP contribution in [-0.2, 0) is 9.05 Å². The summed E-state index contributed by atoms with van der Waals surface area (Å²) >= 11 is 0. The molecule has 160 valence electrons. The number of hydrogen-bond acceptors (Lipinski definition) is 10. The van der Waals surface area contributed by atoms with Crippen LogP contribution in [0.15, 0.2) is 0 Å². The summed E-state index contributed by atoms with van der Waals surface area (Å²) in [6.45, 7) is 9.81. The van der Waals surface area contributed by atoms with Gasteiger partial charge in [0.2, 0.25) is 0 Å². The third-order valence-electron chi connectivity index (χ3n) is 5.02. The van der Waals surface area contributed by atoms with Gasteiger partial charge in [-0.3, -0.25) is 18.8 Å². The van der Waals surface area contributed by atoms with Crippen molar-refractivity contribution in [1.82, 2.24) is 19.6 Å². The Hall–Kier alpha value is 0.460. The molecule has 27 heavy (non-hydrogen) atoms. The molecule has 0 aromatic heterocycles. The molecule has 2 heterocycles. The van der Waals surface area contributed by atoms with E-state index in [2.05, 4.69) is 19.6 Å². The van der Waals surface area contributed by atoms with Crippen molar-refractivity contribution < 1.29 is 28.6 Å². The van der Waals surface area contributed by atoms with Crippen LogP contribution in [0, 0.1) is 0 Å². The largest absolute Gasteiger partial charge is 0.328 e. The Labute approximate surface area is 164 Å². The topological polar surface area (TPSA) is 112 Å². The fourth-order valence-electron chi connectivity index (χ4n) is 3.54. The Kier molecular flexibility index (Phi) is 12.0. The molecule has 2 rings (SSSR count). The minimum absolute atomic E-state index is 0.253. The van der Waals surface area contributed by atoms with E-state index in [0.717, 1.165) is 84.7 Å². The molecule has 2 fully saturated rings. The molecular weight excluding hydrogens is 394 g/mol. The van der Waals surface area contributed by atoms with E-state index in [1.807, 2.05) is 0 Å². The highest BCUT2D eigenvalue weighted by Gasteiger charge is 2.18. The summed E-state index contributed by atoms with van der Waals surface area (Å²) in [6, 6.07) is 0. The maximum absolute atomic E-state index is 9.02. The van der Waals surface area contributed by atoms with Crippen LogP contribution in [0.2, 0.25) is 0 Å². The summed E-state index contributed by atoms with van der Waals surface area (Å²) in [7, 11) is -4.62. The first-order valence-electron chi connectivity index (χ1n) is 9.54. The van der Waals surface area contributed by atoms with Gasteiger partial charge >= 0.3 is 17.2 Å². The van der Waals surface area contributed by atoms with Crippen LogP contribution in [0.3, 0.4) is 0 Å². The molecule has 0 aliphatic carbocycles. The highest BCUT2D eigenvalue weighted by atomic mass is 31.2. The molecule has 10 nitrogen and oxygen atoms in total. The minimum Gasteiger partial charge on any atom is -0.328 e. The van der Waals surface area contributed by atoms with E-state index in [0.29, 0.717) is 0 Å². The van der Waals surface area contributed by atoms with Gasteiger partial charge in [0, 0.05) is 39.3 Å². The lowest BCUT2D eigenvalue weighted by Gasteiger charge is -2.29. The summed E-state index contributed by atoms with van der Waals surface area (Å²) < 4.78 is 10.1. The zero-order valence-corrected chi connectivity index (χ0v) is 17.7. The van der Waals surface area contributed by atoms with E-state index in [1.165, 1.54) is 0 Å². The molecule has 4 N–H and O–H groups in total. The average molecular weight is 428 g/mol. The molecule has 12 heteroatoms. The molecule has 2 aliphatic heterocycles. The molecule has 0 aromatic carbocycles.